The molecule has 2 heteroatoms. The molecular formula is C21H33NO. The second-order valence-electron chi connectivity index (χ2n) is 8.89. The van der Waals surface area contributed by atoms with Crippen LogP contribution in [0.5, 0.6) is 0 Å². The summed E-state index contributed by atoms with van der Waals surface area (Å²) in [5.74, 6) is 1.37. The van der Waals surface area contributed by atoms with Crippen LogP contribution in [-0.2, 0) is 4.74 Å². The van der Waals surface area contributed by atoms with E-state index in [1.807, 2.05) is 0 Å². The quantitative estimate of drug-likeness (QED) is 0.789. The van der Waals surface area contributed by atoms with Gasteiger partial charge < -0.3 is 9.64 Å². The van der Waals surface area contributed by atoms with Crippen molar-refractivity contribution in [2.24, 2.45) is 16.7 Å². The molecule has 2 nitrogen and oxygen atoms in total. The lowest BCUT2D eigenvalue weighted by atomic mass is 9.41. The number of fused-ring (bicyclic) bond motifs is 1. The van der Waals surface area contributed by atoms with Crippen molar-refractivity contribution in [3.8, 4) is 0 Å². The van der Waals surface area contributed by atoms with Gasteiger partial charge in [-0.05, 0) is 55.7 Å². The Kier molecular flexibility index (Phi) is 4.59. The molecule has 0 heterocycles. The van der Waals surface area contributed by atoms with E-state index >= 15 is 0 Å². The number of hydrogen-bond acceptors (Lipinski definition) is 2. The highest BCUT2D eigenvalue weighted by molar-refractivity contribution is 5.28. The Morgan fingerprint density at radius 2 is 1.83 bits per heavy atom. The first kappa shape index (κ1) is 17.0. The van der Waals surface area contributed by atoms with Gasteiger partial charge in [0.1, 0.15) is 0 Å². The molecule has 0 saturated heterocycles. The highest BCUT2D eigenvalue weighted by Gasteiger charge is 2.60. The first-order chi connectivity index (χ1) is 10.8. The minimum absolute atomic E-state index is 0.342. The fraction of sp³-hybridized carbons (Fsp3) is 0.714. The summed E-state index contributed by atoms with van der Waals surface area (Å²) in [7, 11) is 4.23. The monoisotopic (exact) mass is 315 g/mol. The molecule has 0 amide bonds. The summed E-state index contributed by atoms with van der Waals surface area (Å²) >= 11 is 0. The maximum Gasteiger partial charge on any atom is 0.0654 e. The lowest BCUT2D eigenvalue weighted by molar-refractivity contribution is -0.164. The van der Waals surface area contributed by atoms with Crippen molar-refractivity contribution in [3.05, 3.63) is 35.9 Å². The van der Waals surface area contributed by atoms with Gasteiger partial charge in [0.05, 0.1) is 12.7 Å². The zero-order chi connectivity index (χ0) is 16.7. The molecule has 3 rings (SSSR count). The molecule has 0 aromatic heterocycles. The van der Waals surface area contributed by atoms with Crippen LogP contribution in [-0.4, -0.2) is 38.3 Å². The van der Waals surface area contributed by atoms with Crippen LogP contribution in [0, 0.1) is 16.7 Å². The fourth-order valence-corrected chi connectivity index (χ4v) is 5.40. The lowest BCUT2D eigenvalue weighted by Gasteiger charge is -2.64. The topological polar surface area (TPSA) is 12.5 Å². The van der Waals surface area contributed by atoms with Crippen LogP contribution in [0.25, 0.3) is 0 Å². The Balaban J connectivity index is 1.87. The van der Waals surface area contributed by atoms with Crippen LogP contribution in [0.15, 0.2) is 30.3 Å². The Bertz CT molecular complexity index is 524. The van der Waals surface area contributed by atoms with E-state index in [2.05, 4.69) is 70.1 Å². The maximum absolute atomic E-state index is 6.47. The molecule has 23 heavy (non-hydrogen) atoms. The number of nitrogens with zero attached hydrogens (tertiary/aromatic N) is 1. The number of benzene rings is 1. The van der Waals surface area contributed by atoms with Crippen molar-refractivity contribution >= 4 is 0 Å². The molecule has 128 valence electrons. The largest absolute Gasteiger partial charge is 0.376 e. The van der Waals surface area contributed by atoms with Gasteiger partial charge in [-0.2, -0.15) is 0 Å². The van der Waals surface area contributed by atoms with Gasteiger partial charge in [0.25, 0.3) is 0 Å². The Morgan fingerprint density at radius 3 is 2.39 bits per heavy atom. The van der Waals surface area contributed by atoms with E-state index in [1.54, 1.807) is 0 Å². The zero-order valence-corrected chi connectivity index (χ0v) is 15.5. The molecule has 4 atom stereocenters. The second-order valence-corrected chi connectivity index (χ2v) is 8.89. The van der Waals surface area contributed by atoms with E-state index in [-0.39, 0.29) is 0 Å². The van der Waals surface area contributed by atoms with Crippen molar-refractivity contribution in [1.29, 1.82) is 0 Å². The summed E-state index contributed by atoms with van der Waals surface area (Å²) in [6, 6.07) is 11.1. The van der Waals surface area contributed by atoms with Crippen LogP contribution < -0.4 is 0 Å². The Morgan fingerprint density at radius 1 is 1.13 bits per heavy atom. The van der Waals surface area contributed by atoms with Gasteiger partial charge >= 0.3 is 0 Å². The summed E-state index contributed by atoms with van der Waals surface area (Å²) in [6.07, 6.45) is 4.25. The lowest BCUT2D eigenvalue weighted by Crippen LogP contribution is -2.58. The van der Waals surface area contributed by atoms with Crippen molar-refractivity contribution in [1.82, 2.24) is 4.90 Å². The Hall–Kier alpha value is -0.860. The van der Waals surface area contributed by atoms with E-state index in [1.165, 1.54) is 24.8 Å². The zero-order valence-electron chi connectivity index (χ0n) is 15.5. The smallest absolute Gasteiger partial charge is 0.0654 e. The van der Waals surface area contributed by atoms with Gasteiger partial charge in [-0.1, -0.05) is 51.1 Å². The molecule has 1 aromatic carbocycles. The number of likely N-dealkylation sites (N-methyl/N-ethyl adjacent to an activating group) is 1. The SMILES string of the molecule is CN(C)CCOC1CC(C)(C)C2CCC2(C)C1c1ccccc1. The normalized spacial score (nSPS) is 35.7. The standard InChI is InChI=1S/C21H33NO/c1-20(2)15-17(23-14-13-22(4)5)19(16-9-7-6-8-10-16)21(3)12-11-18(20)21/h6-10,17-19H,11-15H2,1-5H3. The van der Waals surface area contributed by atoms with Gasteiger partial charge in [-0.25, -0.2) is 0 Å². The molecule has 2 saturated carbocycles. The average Bonchev–Trinajstić information content (AvgIpc) is 2.44. The van der Waals surface area contributed by atoms with E-state index in [0.717, 1.165) is 19.1 Å². The van der Waals surface area contributed by atoms with Crippen LogP contribution in [0.4, 0.5) is 0 Å². The van der Waals surface area contributed by atoms with Crippen LogP contribution in [0.1, 0.15) is 51.5 Å². The molecule has 0 N–H and O–H groups in total. The summed E-state index contributed by atoms with van der Waals surface area (Å²) in [4.78, 5) is 2.21. The molecule has 2 aliphatic rings. The highest BCUT2D eigenvalue weighted by atomic mass is 16.5. The first-order valence-electron chi connectivity index (χ1n) is 9.16. The van der Waals surface area contributed by atoms with Crippen LogP contribution in [0.3, 0.4) is 0 Å². The summed E-state index contributed by atoms with van der Waals surface area (Å²) in [5, 5.41) is 0. The summed E-state index contributed by atoms with van der Waals surface area (Å²) in [5.41, 5.74) is 2.26. The second kappa shape index (κ2) is 6.22. The summed E-state index contributed by atoms with van der Waals surface area (Å²) in [6.45, 7) is 9.26. The van der Waals surface area contributed by atoms with Crippen molar-refractivity contribution in [2.75, 3.05) is 27.2 Å². The van der Waals surface area contributed by atoms with E-state index in [4.69, 9.17) is 4.74 Å². The predicted molar refractivity (Wildman–Crippen MR) is 96.7 cm³/mol. The highest BCUT2D eigenvalue weighted by Crippen LogP contribution is 2.67. The van der Waals surface area contributed by atoms with Crippen molar-refractivity contribution in [2.45, 2.75) is 52.1 Å². The molecule has 0 bridgehead atoms. The minimum atomic E-state index is 0.342. The minimum Gasteiger partial charge on any atom is -0.376 e. The third-order valence-electron chi connectivity index (χ3n) is 6.55. The molecule has 4 unspecified atom stereocenters. The van der Waals surface area contributed by atoms with Gasteiger partial charge in [0.15, 0.2) is 0 Å². The van der Waals surface area contributed by atoms with Gasteiger partial charge in [-0.3, -0.25) is 0 Å². The third kappa shape index (κ3) is 3.08. The van der Waals surface area contributed by atoms with Gasteiger partial charge in [-0.15, -0.1) is 0 Å². The van der Waals surface area contributed by atoms with Gasteiger partial charge in [0, 0.05) is 12.5 Å². The number of ether oxygens (including phenoxy) is 1. The third-order valence-corrected chi connectivity index (χ3v) is 6.55. The molecular weight excluding hydrogens is 282 g/mol. The van der Waals surface area contributed by atoms with Crippen LogP contribution in [0.2, 0.25) is 0 Å². The first-order valence-corrected chi connectivity index (χ1v) is 9.16. The maximum atomic E-state index is 6.47. The number of rotatable bonds is 5. The summed E-state index contributed by atoms with van der Waals surface area (Å²) < 4.78 is 6.47. The van der Waals surface area contributed by atoms with Crippen LogP contribution >= 0.6 is 0 Å². The molecule has 1 aromatic rings. The molecule has 0 aliphatic heterocycles. The van der Waals surface area contributed by atoms with Crippen molar-refractivity contribution in [3.63, 3.8) is 0 Å². The molecule has 0 spiro atoms. The molecule has 0 radical (unpaired) electrons. The predicted octanol–water partition coefficient (Wildman–Crippen LogP) is 4.56. The number of hydrogen-bond donors (Lipinski definition) is 0. The van der Waals surface area contributed by atoms with Gasteiger partial charge in [0.2, 0.25) is 0 Å². The fourth-order valence-electron chi connectivity index (χ4n) is 5.40. The van der Waals surface area contributed by atoms with E-state index in [9.17, 15) is 0 Å². The molecule has 2 aliphatic carbocycles. The molecule has 2 fully saturated rings. The van der Waals surface area contributed by atoms with E-state index < -0.39 is 0 Å². The Labute approximate surface area is 142 Å². The van der Waals surface area contributed by atoms with E-state index in [0.29, 0.717) is 22.9 Å². The van der Waals surface area contributed by atoms with Crippen molar-refractivity contribution < 1.29 is 4.74 Å². The average molecular weight is 316 g/mol.